The van der Waals surface area contributed by atoms with Crippen molar-refractivity contribution in [3.63, 3.8) is 0 Å². The molecule has 164 valence electrons. The molecule has 0 aliphatic carbocycles. The van der Waals surface area contributed by atoms with Crippen LogP contribution in [0.15, 0.2) is 36.8 Å². The molecule has 0 saturated carbocycles. The second kappa shape index (κ2) is 10.9. The van der Waals surface area contributed by atoms with E-state index in [1.165, 1.54) is 6.33 Å². The molecule has 0 bridgehead atoms. The van der Waals surface area contributed by atoms with E-state index in [1.807, 2.05) is 13.1 Å². The van der Waals surface area contributed by atoms with Crippen LogP contribution in [0.2, 0.25) is 0 Å². The maximum Gasteiger partial charge on any atom is 0.344 e. The second-order valence-corrected chi connectivity index (χ2v) is 6.61. The lowest BCUT2D eigenvalue weighted by atomic mass is 10.1. The molecule has 0 atom stereocenters. The van der Waals surface area contributed by atoms with Gasteiger partial charge in [-0.1, -0.05) is 6.07 Å². The topological polar surface area (TPSA) is 126 Å². The third kappa shape index (κ3) is 5.92. The molecule has 1 aliphatic rings. The van der Waals surface area contributed by atoms with Crippen molar-refractivity contribution in [2.24, 2.45) is 0 Å². The van der Waals surface area contributed by atoms with Crippen molar-refractivity contribution < 1.29 is 19.1 Å². The summed E-state index contributed by atoms with van der Waals surface area (Å²) in [5, 5.41) is 12.2. The van der Waals surface area contributed by atoms with Gasteiger partial charge in [-0.3, -0.25) is 4.79 Å². The molecule has 2 aromatic rings. The number of ether oxygens (including phenoxy) is 2. The van der Waals surface area contributed by atoms with Crippen LogP contribution >= 0.6 is 0 Å². The minimum atomic E-state index is -0.433. The van der Waals surface area contributed by atoms with Crippen LogP contribution in [0.25, 0.3) is 5.57 Å². The Morgan fingerprint density at radius 2 is 2.13 bits per heavy atom. The average Bonchev–Trinajstić information content (AvgIpc) is 3.10. The number of nitrogens with one attached hydrogen (secondary N) is 4. The molecule has 2 heterocycles. The Labute approximate surface area is 180 Å². The normalized spacial score (nSPS) is 13.5. The van der Waals surface area contributed by atoms with Crippen LogP contribution < -0.4 is 26.0 Å². The quantitative estimate of drug-likeness (QED) is 0.242. The van der Waals surface area contributed by atoms with Gasteiger partial charge in [0.1, 0.15) is 23.7 Å². The van der Waals surface area contributed by atoms with Crippen molar-refractivity contribution in [1.29, 1.82) is 0 Å². The van der Waals surface area contributed by atoms with E-state index in [-0.39, 0.29) is 12.5 Å². The van der Waals surface area contributed by atoms with Crippen LogP contribution in [0.1, 0.15) is 18.9 Å². The summed E-state index contributed by atoms with van der Waals surface area (Å²) in [5.41, 5.74) is 1.74. The number of carbonyl (C=O) groups excluding carboxylic acids is 2. The molecule has 1 amide bonds. The number of esters is 1. The number of hydrogen-bond donors (Lipinski definition) is 4. The van der Waals surface area contributed by atoms with Gasteiger partial charge in [0.15, 0.2) is 6.61 Å². The Balaban J connectivity index is 1.72. The molecular formula is C21H26N6O4. The van der Waals surface area contributed by atoms with Gasteiger partial charge in [-0.25, -0.2) is 14.8 Å². The van der Waals surface area contributed by atoms with Crippen LogP contribution in [0.5, 0.6) is 5.75 Å². The average molecular weight is 426 g/mol. The lowest BCUT2D eigenvalue weighted by Gasteiger charge is -2.10. The highest BCUT2D eigenvalue weighted by atomic mass is 16.6. The van der Waals surface area contributed by atoms with E-state index in [1.54, 1.807) is 31.3 Å². The first-order valence-electron chi connectivity index (χ1n) is 10.0. The Kier molecular flexibility index (Phi) is 7.77. The molecule has 0 unspecified atom stereocenters. The number of fused-ring (bicyclic) bond motifs is 1. The van der Waals surface area contributed by atoms with Crippen LogP contribution in [-0.2, 0) is 14.3 Å². The van der Waals surface area contributed by atoms with Crippen molar-refractivity contribution in [3.05, 3.63) is 42.4 Å². The minimum Gasteiger partial charge on any atom is -0.482 e. The number of rotatable bonds is 11. The first-order chi connectivity index (χ1) is 15.1. The van der Waals surface area contributed by atoms with E-state index < -0.39 is 5.97 Å². The molecule has 0 saturated heterocycles. The van der Waals surface area contributed by atoms with E-state index in [2.05, 4.69) is 31.2 Å². The Morgan fingerprint density at radius 1 is 1.26 bits per heavy atom. The lowest BCUT2D eigenvalue weighted by Crippen LogP contribution is -2.14. The number of hydrogen-bond acceptors (Lipinski definition) is 9. The molecular weight excluding hydrogens is 400 g/mol. The standard InChI is InChI=1S/C21H26N6O4/c1-3-30-17(28)12-31-15-7-4-6-14(10-15)24-11-16-18-19(23-9-5-8-22-2)25-13-26-20(18)27-21(16)29/h4,6-7,10-11,13,22,24H,3,5,8-9,12H2,1-2H3,(H2,23,25,26,27,29)/b16-11-. The summed E-state index contributed by atoms with van der Waals surface area (Å²) in [6.07, 6.45) is 3.93. The van der Waals surface area contributed by atoms with Gasteiger partial charge in [0, 0.05) is 24.5 Å². The third-order valence-corrected chi connectivity index (χ3v) is 4.37. The Bertz CT molecular complexity index is 963. The predicted molar refractivity (Wildman–Crippen MR) is 118 cm³/mol. The Hall–Kier alpha value is -3.66. The fraction of sp³-hybridized carbons (Fsp3) is 0.333. The van der Waals surface area contributed by atoms with Gasteiger partial charge in [-0.15, -0.1) is 0 Å². The monoisotopic (exact) mass is 426 g/mol. The van der Waals surface area contributed by atoms with Gasteiger partial charge in [0.2, 0.25) is 0 Å². The van der Waals surface area contributed by atoms with Gasteiger partial charge in [0.25, 0.3) is 5.91 Å². The molecule has 0 fully saturated rings. The Morgan fingerprint density at radius 3 is 2.94 bits per heavy atom. The molecule has 10 nitrogen and oxygen atoms in total. The highest BCUT2D eigenvalue weighted by Gasteiger charge is 2.29. The van der Waals surface area contributed by atoms with E-state index in [0.717, 1.165) is 13.0 Å². The smallest absolute Gasteiger partial charge is 0.344 e. The SMILES string of the molecule is CCOC(=O)COc1cccc(N/C=C2\C(=O)Nc3ncnc(NCCCNC)c32)c1. The molecule has 1 aliphatic heterocycles. The van der Waals surface area contributed by atoms with Gasteiger partial charge in [-0.05, 0) is 39.1 Å². The first-order valence-corrected chi connectivity index (χ1v) is 10.0. The van der Waals surface area contributed by atoms with Crippen molar-refractivity contribution in [2.75, 3.05) is 49.3 Å². The fourth-order valence-corrected chi connectivity index (χ4v) is 2.94. The van der Waals surface area contributed by atoms with Crippen LogP contribution in [-0.4, -0.2) is 55.2 Å². The highest BCUT2D eigenvalue weighted by molar-refractivity contribution is 6.32. The summed E-state index contributed by atoms with van der Waals surface area (Å²) in [6.45, 7) is 3.45. The second-order valence-electron chi connectivity index (χ2n) is 6.61. The van der Waals surface area contributed by atoms with E-state index >= 15 is 0 Å². The molecule has 31 heavy (non-hydrogen) atoms. The highest BCUT2D eigenvalue weighted by Crippen LogP contribution is 2.34. The predicted octanol–water partition coefficient (Wildman–Crippen LogP) is 1.85. The van der Waals surface area contributed by atoms with Gasteiger partial charge >= 0.3 is 5.97 Å². The number of carbonyl (C=O) groups is 2. The third-order valence-electron chi connectivity index (χ3n) is 4.37. The summed E-state index contributed by atoms with van der Waals surface area (Å²) in [7, 11) is 1.90. The number of nitrogens with zero attached hydrogens (tertiary/aromatic N) is 2. The van der Waals surface area contributed by atoms with Crippen molar-refractivity contribution >= 4 is 34.8 Å². The zero-order valence-electron chi connectivity index (χ0n) is 17.5. The first kappa shape index (κ1) is 22.0. The van der Waals surface area contributed by atoms with Crippen LogP contribution in [0.4, 0.5) is 17.3 Å². The molecule has 1 aromatic carbocycles. The van der Waals surface area contributed by atoms with E-state index in [4.69, 9.17) is 9.47 Å². The maximum atomic E-state index is 12.5. The fourth-order valence-electron chi connectivity index (χ4n) is 2.94. The summed E-state index contributed by atoms with van der Waals surface area (Å²) >= 11 is 0. The van der Waals surface area contributed by atoms with Crippen LogP contribution in [0.3, 0.4) is 0 Å². The zero-order chi connectivity index (χ0) is 22.1. The number of amides is 1. The molecule has 0 spiro atoms. The molecule has 4 N–H and O–H groups in total. The summed E-state index contributed by atoms with van der Waals surface area (Å²) in [5.74, 6) is 0.866. The van der Waals surface area contributed by atoms with Crippen molar-refractivity contribution in [2.45, 2.75) is 13.3 Å². The van der Waals surface area contributed by atoms with Gasteiger partial charge in [0.05, 0.1) is 17.7 Å². The van der Waals surface area contributed by atoms with Gasteiger partial charge in [-0.2, -0.15) is 0 Å². The van der Waals surface area contributed by atoms with Gasteiger partial charge < -0.3 is 30.7 Å². The van der Waals surface area contributed by atoms with Crippen molar-refractivity contribution in [3.8, 4) is 5.75 Å². The summed E-state index contributed by atoms with van der Waals surface area (Å²) in [6, 6.07) is 7.06. The number of anilines is 3. The molecule has 1 aromatic heterocycles. The zero-order valence-corrected chi connectivity index (χ0v) is 17.5. The van der Waals surface area contributed by atoms with Crippen LogP contribution in [0, 0.1) is 0 Å². The largest absolute Gasteiger partial charge is 0.482 e. The molecule has 10 heteroatoms. The molecule has 0 radical (unpaired) electrons. The summed E-state index contributed by atoms with van der Waals surface area (Å²) in [4.78, 5) is 32.4. The maximum absolute atomic E-state index is 12.5. The van der Waals surface area contributed by atoms with E-state index in [0.29, 0.717) is 47.4 Å². The minimum absolute atomic E-state index is 0.173. The van der Waals surface area contributed by atoms with E-state index in [9.17, 15) is 9.59 Å². The summed E-state index contributed by atoms with van der Waals surface area (Å²) < 4.78 is 10.3. The molecule has 3 rings (SSSR count). The number of benzene rings is 1. The lowest BCUT2D eigenvalue weighted by molar-refractivity contribution is -0.145. The number of aromatic nitrogens is 2. The van der Waals surface area contributed by atoms with Crippen molar-refractivity contribution in [1.82, 2.24) is 15.3 Å².